The predicted octanol–water partition coefficient (Wildman–Crippen LogP) is 6.82. The highest BCUT2D eigenvalue weighted by molar-refractivity contribution is 6.11. The van der Waals surface area contributed by atoms with Crippen molar-refractivity contribution in [2.24, 2.45) is 0 Å². The zero-order valence-electron chi connectivity index (χ0n) is 14.9. The number of fused-ring (bicyclic) bond motifs is 3. The summed E-state index contributed by atoms with van der Waals surface area (Å²) < 4.78 is 2.48. The van der Waals surface area contributed by atoms with Crippen LogP contribution in [0.5, 0.6) is 0 Å². The molecule has 1 heterocycles. The van der Waals surface area contributed by atoms with Crippen molar-refractivity contribution in [1.29, 1.82) is 0 Å². The van der Waals surface area contributed by atoms with Crippen LogP contribution in [0.2, 0.25) is 0 Å². The van der Waals surface area contributed by atoms with Crippen LogP contribution in [0.3, 0.4) is 0 Å². The molecule has 1 nitrogen and oxygen atoms in total. The van der Waals surface area contributed by atoms with E-state index in [0.717, 1.165) is 12.8 Å². The lowest BCUT2D eigenvalue weighted by atomic mass is 9.93. The Morgan fingerprint density at radius 3 is 2.04 bits per heavy atom. The molecule has 1 aliphatic rings. The van der Waals surface area contributed by atoms with Crippen LogP contribution in [0.4, 0.5) is 0 Å². The van der Waals surface area contributed by atoms with Crippen molar-refractivity contribution in [3.8, 4) is 0 Å². The molecule has 0 unspecified atom stereocenters. The maximum absolute atomic E-state index is 2.48. The summed E-state index contributed by atoms with van der Waals surface area (Å²) in [5.74, 6) is 0. The van der Waals surface area contributed by atoms with Gasteiger partial charge in [0, 0.05) is 22.0 Å². The van der Waals surface area contributed by atoms with Gasteiger partial charge in [0.1, 0.15) is 0 Å². The van der Waals surface area contributed by atoms with Crippen molar-refractivity contribution in [2.75, 3.05) is 0 Å². The largest absolute Gasteiger partial charge is 0.312 e. The minimum Gasteiger partial charge on any atom is -0.312 e. The van der Waals surface area contributed by atoms with Gasteiger partial charge in [0.05, 0.1) is 11.0 Å². The van der Waals surface area contributed by atoms with E-state index in [-0.39, 0.29) is 0 Å². The summed E-state index contributed by atoms with van der Waals surface area (Å²) >= 11 is 0. The van der Waals surface area contributed by atoms with Gasteiger partial charge in [-0.3, -0.25) is 0 Å². The Labute approximate surface area is 153 Å². The fourth-order valence-electron chi connectivity index (χ4n) is 4.22. The molecule has 126 valence electrons. The molecule has 3 aromatic carbocycles. The Morgan fingerprint density at radius 2 is 1.35 bits per heavy atom. The number of hydrogen-bond acceptors (Lipinski definition) is 0. The molecule has 0 spiro atoms. The number of aromatic nitrogens is 1. The number of benzene rings is 3. The predicted molar refractivity (Wildman–Crippen MR) is 112 cm³/mol. The Hall–Kier alpha value is -3.06. The molecule has 1 heteroatoms. The molecule has 26 heavy (non-hydrogen) atoms. The Morgan fingerprint density at radius 1 is 0.731 bits per heavy atom. The average Bonchev–Trinajstić information content (AvgIpc) is 3.03. The molecule has 1 aliphatic carbocycles. The highest BCUT2D eigenvalue weighted by atomic mass is 15.0. The van der Waals surface area contributed by atoms with Crippen LogP contribution < -0.4 is 0 Å². The molecule has 0 saturated heterocycles. The van der Waals surface area contributed by atoms with Gasteiger partial charge in [0.15, 0.2) is 0 Å². The summed E-state index contributed by atoms with van der Waals surface area (Å²) in [6, 6.07) is 26.2. The first-order chi connectivity index (χ1) is 12.8. The lowest BCUT2D eigenvalue weighted by molar-refractivity contribution is 0.983. The first kappa shape index (κ1) is 15.2. The van der Waals surface area contributed by atoms with E-state index in [2.05, 4.69) is 96.4 Å². The first-order valence-corrected chi connectivity index (χ1v) is 9.29. The van der Waals surface area contributed by atoms with Gasteiger partial charge >= 0.3 is 0 Å². The topological polar surface area (TPSA) is 4.93 Å². The zero-order chi connectivity index (χ0) is 17.5. The van der Waals surface area contributed by atoms with Gasteiger partial charge in [0.2, 0.25) is 0 Å². The van der Waals surface area contributed by atoms with Crippen LogP contribution in [-0.2, 0) is 0 Å². The number of para-hydroxylation sites is 2. The fourth-order valence-corrected chi connectivity index (χ4v) is 4.22. The molecule has 0 N–H and O–H groups in total. The molecule has 0 atom stereocenters. The third kappa shape index (κ3) is 2.24. The number of hydrogen-bond donors (Lipinski definition) is 0. The van der Waals surface area contributed by atoms with Gasteiger partial charge in [-0.1, -0.05) is 72.8 Å². The molecule has 0 radical (unpaired) electrons. The molecule has 1 aromatic heterocycles. The van der Waals surface area contributed by atoms with Crippen LogP contribution in [-0.4, -0.2) is 4.57 Å². The summed E-state index contributed by atoms with van der Waals surface area (Å²) in [5, 5.41) is 2.66. The van der Waals surface area contributed by atoms with Gasteiger partial charge in [-0.05, 0) is 43.0 Å². The van der Waals surface area contributed by atoms with E-state index in [0.29, 0.717) is 0 Å². The Kier molecular flexibility index (Phi) is 3.53. The fraction of sp³-hybridized carbons (Fsp3) is 0.120. The number of nitrogens with zero attached hydrogens (tertiary/aromatic N) is 1. The number of rotatable bonds is 2. The first-order valence-electron chi connectivity index (χ1n) is 9.29. The quantitative estimate of drug-likeness (QED) is 0.379. The Balaban J connectivity index is 1.91. The molecule has 0 saturated carbocycles. The van der Waals surface area contributed by atoms with Gasteiger partial charge in [0.25, 0.3) is 0 Å². The standard InChI is InChI=1S/C25H21N/c1-18-10-2-3-11-19(18)20-12-4-7-15-23(20)26-24-16-8-5-13-21(24)22-14-6-9-17-25(22)26/h2-6,8-14,16-17H,7,15H2,1H3. The average molecular weight is 335 g/mol. The lowest BCUT2D eigenvalue weighted by Gasteiger charge is -2.21. The summed E-state index contributed by atoms with van der Waals surface area (Å²) in [6.07, 6.45) is 6.76. The van der Waals surface area contributed by atoms with Gasteiger partial charge < -0.3 is 4.57 Å². The highest BCUT2D eigenvalue weighted by Gasteiger charge is 2.18. The van der Waals surface area contributed by atoms with Crippen LogP contribution >= 0.6 is 0 Å². The van der Waals surface area contributed by atoms with E-state index in [9.17, 15) is 0 Å². The molecule has 0 amide bonds. The van der Waals surface area contributed by atoms with Crippen LogP contribution in [0.15, 0.2) is 84.9 Å². The van der Waals surface area contributed by atoms with Gasteiger partial charge in [-0.15, -0.1) is 0 Å². The van der Waals surface area contributed by atoms with Crippen molar-refractivity contribution >= 4 is 33.1 Å². The number of allylic oxidation sites excluding steroid dienone is 4. The molecule has 0 aliphatic heterocycles. The van der Waals surface area contributed by atoms with E-state index in [4.69, 9.17) is 0 Å². The second-order valence-corrected chi connectivity index (χ2v) is 6.99. The summed E-state index contributed by atoms with van der Waals surface area (Å²) in [5.41, 5.74) is 8.00. The van der Waals surface area contributed by atoms with Crippen molar-refractivity contribution in [3.63, 3.8) is 0 Å². The summed E-state index contributed by atoms with van der Waals surface area (Å²) in [7, 11) is 0. The molecular formula is C25H21N. The van der Waals surface area contributed by atoms with Crippen LogP contribution in [0.1, 0.15) is 24.0 Å². The second kappa shape index (κ2) is 6.03. The maximum atomic E-state index is 2.48. The van der Waals surface area contributed by atoms with E-state index < -0.39 is 0 Å². The lowest BCUT2D eigenvalue weighted by Crippen LogP contribution is -2.04. The number of aryl methyl sites for hydroxylation is 1. The van der Waals surface area contributed by atoms with Gasteiger partial charge in [-0.2, -0.15) is 0 Å². The Bertz CT molecular complexity index is 1130. The third-order valence-electron chi connectivity index (χ3n) is 5.43. The van der Waals surface area contributed by atoms with Crippen molar-refractivity contribution < 1.29 is 0 Å². The molecule has 5 rings (SSSR count). The minimum absolute atomic E-state index is 1.06. The maximum Gasteiger partial charge on any atom is 0.0538 e. The smallest absolute Gasteiger partial charge is 0.0538 e. The van der Waals surface area contributed by atoms with Crippen molar-refractivity contribution in [1.82, 2.24) is 4.57 Å². The SMILES string of the molecule is Cc1ccccc1C1=C(n2c3ccccc3c3ccccc32)CCC=C1. The molecule has 4 aromatic rings. The molecule has 0 fully saturated rings. The van der Waals surface area contributed by atoms with E-state index >= 15 is 0 Å². The van der Waals surface area contributed by atoms with Crippen molar-refractivity contribution in [2.45, 2.75) is 19.8 Å². The molecule has 0 bridgehead atoms. The normalized spacial score (nSPS) is 14.5. The summed E-state index contributed by atoms with van der Waals surface area (Å²) in [4.78, 5) is 0. The highest BCUT2D eigenvalue weighted by Crippen LogP contribution is 2.38. The van der Waals surface area contributed by atoms with E-state index in [1.165, 1.54) is 44.2 Å². The van der Waals surface area contributed by atoms with Crippen LogP contribution in [0, 0.1) is 6.92 Å². The van der Waals surface area contributed by atoms with Crippen molar-refractivity contribution in [3.05, 3.63) is 96.1 Å². The second-order valence-electron chi connectivity index (χ2n) is 6.99. The monoisotopic (exact) mass is 335 g/mol. The van der Waals surface area contributed by atoms with E-state index in [1.807, 2.05) is 0 Å². The summed E-state index contributed by atoms with van der Waals surface area (Å²) in [6.45, 7) is 2.20. The zero-order valence-corrected chi connectivity index (χ0v) is 14.9. The molecular weight excluding hydrogens is 314 g/mol. The minimum atomic E-state index is 1.06. The third-order valence-corrected chi connectivity index (χ3v) is 5.43. The van der Waals surface area contributed by atoms with Crippen LogP contribution in [0.25, 0.3) is 33.1 Å². The van der Waals surface area contributed by atoms with Gasteiger partial charge in [-0.25, -0.2) is 0 Å². The van der Waals surface area contributed by atoms with E-state index in [1.54, 1.807) is 0 Å².